The maximum absolute atomic E-state index is 6.45. The molecule has 8 aromatic rings. The Bertz CT molecular complexity index is 2390. The van der Waals surface area contributed by atoms with Gasteiger partial charge in [-0.1, -0.05) is 92.6 Å². The van der Waals surface area contributed by atoms with Gasteiger partial charge in [-0.25, -0.2) is 0 Å². The summed E-state index contributed by atoms with van der Waals surface area (Å²) in [5, 5.41) is 1.08. The maximum Gasteiger partial charge on any atom is 0.135 e. The number of benzene rings is 5. The maximum atomic E-state index is 6.45. The third kappa shape index (κ3) is 8.37. The first-order valence-corrected chi connectivity index (χ1v) is 17.3. The van der Waals surface area contributed by atoms with E-state index >= 15 is 0 Å². The van der Waals surface area contributed by atoms with E-state index in [1.165, 1.54) is 22.3 Å². The van der Waals surface area contributed by atoms with Crippen molar-refractivity contribution in [3.8, 4) is 56.1 Å². The van der Waals surface area contributed by atoms with Gasteiger partial charge >= 0.3 is 0 Å². The van der Waals surface area contributed by atoms with E-state index < -0.39 is 0 Å². The van der Waals surface area contributed by atoms with E-state index in [0.29, 0.717) is 0 Å². The van der Waals surface area contributed by atoms with E-state index in [9.17, 15) is 0 Å². The molecule has 0 saturated heterocycles. The Hall–Kier alpha value is -5.41. The summed E-state index contributed by atoms with van der Waals surface area (Å²) in [5.74, 6) is 0.881. The first-order valence-electron chi connectivity index (χ1n) is 17.3. The van der Waals surface area contributed by atoms with Crippen molar-refractivity contribution in [1.82, 2.24) is 9.97 Å². The van der Waals surface area contributed by atoms with Crippen LogP contribution in [0.25, 0.3) is 67.1 Å². The summed E-state index contributed by atoms with van der Waals surface area (Å²) in [6, 6.07) is 54.6. The number of nitrogens with zero attached hydrogens (tertiary/aromatic N) is 2. The van der Waals surface area contributed by atoms with Gasteiger partial charge in [0.1, 0.15) is 11.3 Å². The third-order valence-electron chi connectivity index (χ3n) is 8.95. The van der Waals surface area contributed by atoms with Gasteiger partial charge in [0.15, 0.2) is 0 Å². The minimum absolute atomic E-state index is 0. The average Bonchev–Trinajstić information content (AvgIpc) is 3.59. The van der Waals surface area contributed by atoms with Crippen molar-refractivity contribution in [2.75, 3.05) is 0 Å². The number of aryl methyl sites for hydroxylation is 2. The van der Waals surface area contributed by atoms with Crippen LogP contribution in [0.2, 0.25) is 0 Å². The second kappa shape index (κ2) is 15.9. The summed E-state index contributed by atoms with van der Waals surface area (Å²) in [4.78, 5) is 8.83. The summed E-state index contributed by atoms with van der Waals surface area (Å²) < 4.78 is 6.45. The molecule has 0 spiro atoms. The monoisotopic (exact) mass is 853 g/mol. The molecule has 0 bridgehead atoms. The molecule has 1 radical (unpaired) electrons. The molecule has 0 fully saturated rings. The van der Waals surface area contributed by atoms with E-state index in [-0.39, 0.29) is 25.5 Å². The van der Waals surface area contributed by atoms with Crippen LogP contribution in [0.15, 0.2) is 156 Å². The standard InChI is InChI=1S/C37H32NO.C11H8N.Ir/c1-24-9-6-13-29(17-24)35-22-30-21-32(26-10-7-12-28(19-26)34-18-25(2)15-16-38-34)33(23-36(30)39-35)27-11-8-14-31(20-27)37(3,4)5;1-2-6-10(7-3-1)11-8-4-5-9-12-11;/h6-11,13-23H,1-5H3;1-6,8-9H;/q2*-1;. The van der Waals surface area contributed by atoms with Crippen LogP contribution in [-0.2, 0) is 25.5 Å². The first kappa shape index (κ1) is 36.4. The number of hydrogen-bond acceptors (Lipinski definition) is 3. The molecule has 4 heteroatoms. The minimum atomic E-state index is 0. The van der Waals surface area contributed by atoms with Gasteiger partial charge in [0, 0.05) is 43.4 Å². The zero-order chi connectivity index (χ0) is 35.4. The van der Waals surface area contributed by atoms with Gasteiger partial charge in [0.25, 0.3) is 0 Å². The van der Waals surface area contributed by atoms with Gasteiger partial charge in [-0.05, 0) is 89.3 Å². The van der Waals surface area contributed by atoms with Crippen LogP contribution in [0.1, 0.15) is 37.5 Å². The number of furan rings is 1. The van der Waals surface area contributed by atoms with Crippen molar-refractivity contribution in [1.29, 1.82) is 0 Å². The summed E-state index contributed by atoms with van der Waals surface area (Å²) in [6.07, 6.45) is 3.65. The van der Waals surface area contributed by atoms with Crippen LogP contribution >= 0.6 is 0 Å². The molecule has 0 aliphatic rings. The van der Waals surface area contributed by atoms with Crippen molar-refractivity contribution in [2.45, 2.75) is 40.0 Å². The second-order valence-electron chi connectivity index (χ2n) is 13.9. The number of rotatable bonds is 5. The summed E-state index contributed by atoms with van der Waals surface area (Å²) in [6.45, 7) is 11.0. The predicted octanol–water partition coefficient (Wildman–Crippen LogP) is 12.8. The van der Waals surface area contributed by atoms with Gasteiger partial charge in [0.05, 0.1) is 0 Å². The van der Waals surface area contributed by atoms with E-state index in [4.69, 9.17) is 4.42 Å². The second-order valence-corrected chi connectivity index (χ2v) is 13.9. The Kier molecular flexibility index (Phi) is 11.1. The molecular weight excluding hydrogens is 813 g/mol. The molecule has 0 N–H and O–H groups in total. The molecule has 0 amide bonds. The Labute approximate surface area is 320 Å². The molecule has 259 valence electrons. The van der Waals surface area contributed by atoms with Crippen molar-refractivity contribution in [3.05, 3.63) is 181 Å². The molecule has 3 aromatic heterocycles. The smallest absolute Gasteiger partial charge is 0.135 e. The third-order valence-corrected chi connectivity index (χ3v) is 8.95. The topological polar surface area (TPSA) is 38.9 Å². The van der Waals surface area contributed by atoms with Gasteiger partial charge in [-0.15, -0.1) is 71.3 Å². The average molecular weight is 853 g/mol. The van der Waals surface area contributed by atoms with E-state index in [1.54, 1.807) is 6.20 Å². The fourth-order valence-electron chi connectivity index (χ4n) is 6.20. The molecule has 3 heterocycles. The van der Waals surface area contributed by atoms with Gasteiger partial charge in [-0.2, -0.15) is 0 Å². The molecule has 8 rings (SSSR count). The predicted molar refractivity (Wildman–Crippen MR) is 211 cm³/mol. The minimum Gasteiger partial charge on any atom is -0.456 e. The molecule has 52 heavy (non-hydrogen) atoms. The Morgan fingerprint density at radius 2 is 1.27 bits per heavy atom. The number of fused-ring (bicyclic) bond motifs is 1. The molecule has 0 unspecified atom stereocenters. The summed E-state index contributed by atoms with van der Waals surface area (Å²) in [7, 11) is 0. The molecule has 0 saturated carbocycles. The van der Waals surface area contributed by atoms with Crippen LogP contribution in [0.4, 0.5) is 0 Å². The van der Waals surface area contributed by atoms with E-state index in [1.807, 2.05) is 60.8 Å². The molecule has 0 aliphatic carbocycles. The molecule has 0 aliphatic heterocycles. The largest absolute Gasteiger partial charge is 0.456 e. The molecular formula is C48H40IrN2O-2. The van der Waals surface area contributed by atoms with Crippen LogP contribution in [-0.4, -0.2) is 9.97 Å². The zero-order valence-corrected chi connectivity index (χ0v) is 32.5. The van der Waals surface area contributed by atoms with Crippen molar-refractivity contribution in [3.63, 3.8) is 0 Å². The first-order chi connectivity index (χ1) is 24.7. The van der Waals surface area contributed by atoms with Crippen LogP contribution in [0.3, 0.4) is 0 Å². The number of hydrogen-bond donors (Lipinski definition) is 0. The number of aromatic nitrogens is 2. The summed E-state index contributed by atoms with van der Waals surface area (Å²) in [5.41, 5.74) is 14.3. The van der Waals surface area contributed by atoms with Crippen LogP contribution in [0, 0.1) is 26.0 Å². The molecule has 5 aromatic carbocycles. The Morgan fingerprint density at radius 1 is 0.538 bits per heavy atom. The zero-order valence-electron chi connectivity index (χ0n) is 30.1. The molecule has 0 atom stereocenters. The quantitative estimate of drug-likeness (QED) is 0.162. The van der Waals surface area contributed by atoms with E-state index in [2.05, 4.69) is 142 Å². The number of pyridine rings is 2. The van der Waals surface area contributed by atoms with Crippen molar-refractivity contribution < 1.29 is 24.5 Å². The van der Waals surface area contributed by atoms with E-state index in [0.717, 1.165) is 61.5 Å². The fourth-order valence-corrected chi connectivity index (χ4v) is 6.20. The normalized spacial score (nSPS) is 11.0. The molecule has 3 nitrogen and oxygen atoms in total. The van der Waals surface area contributed by atoms with Crippen molar-refractivity contribution >= 4 is 11.0 Å². The fraction of sp³-hybridized carbons (Fsp3) is 0.125. The Balaban J connectivity index is 0.000000302. The van der Waals surface area contributed by atoms with Gasteiger partial charge < -0.3 is 14.4 Å². The Morgan fingerprint density at radius 3 is 2.02 bits per heavy atom. The van der Waals surface area contributed by atoms with Gasteiger partial charge in [-0.3, -0.25) is 0 Å². The van der Waals surface area contributed by atoms with Crippen LogP contribution < -0.4 is 0 Å². The van der Waals surface area contributed by atoms with Gasteiger partial charge in [0.2, 0.25) is 0 Å². The van der Waals surface area contributed by atoms with Crippen LogP contribution in [0.5, 0.6) is 0 Å². The van der Waals surface area contributed by atoms with Crippen molar-refractivity contribution in [2.24, 2.45) is 0 Å². The SMILES string of the molecule is Cc1cccc(-c2cc3cc(-c4cc[c-]c(-c5cc(C)ccn5)c4)c(-c4cccc(C(C)(C)C)c4)cc3o2)c1.[Ir].[c-]1ccccc1-c1ccccn1. The summed E-state index contributed by atoms with van der Waals surface area (Å²) >= 11 is 0.